The molecule has 0 aliphatic rings. The Balaban J connectivity index is 1.94. The lowest BCUT2D eigenvalue weighted by atomic mass is 10.0. The van der Waals surface area contributed by atoms with Gasteiger partial charge in [-0.3, -0.25) is 9.88 Å². The van der Waals surface area contributed by atoms with Gasteiger partial charge in [-0.2, -0.15) is 0 Å². The first-order valence-electron chi connectivity index (χ1n) is 9.20. The third-order valence-corrected chi connectivity index (χ3v) is 4.29. The molecule has 0 spiro atoms. The maximum absolute atomic E-state index is 11.6. The summed E-state index contributed by atoms with van der Waals surface area (Å²) in [5.41, 5.74) is 1.88. The fraction of sp³-hybridized carbons (Fsp3) is 0.381. The first-order chi connectivity index (χ1) is 13.4. The Bertz CT molecular complexity index is 762. The molecule has 0 bridgehead atoms. The van der Waals surface area contributed by atoms with Gasteiger partial charge in [-0.1, -0.05) is 32.0 Å². The molecule has 7 heteroatoms. The largest absolute Gasteiger partial charge is 0.489 e. The highest BCUT2D eigenvalue weighted by Crippen LogP contribution is 2.17. The molecule has 28 heavy (non-hydrogen) atoms. The third-order valence-electron chi connectivity index (χ3n) is 4.29. The SMILES string of the molecule is CC(C)CC(C(=O)O)N(CCc1ccc(OCc2cccnc2)cc1)C(=O)O. The molecular weight excluding hydrogens is 360 g/mol. The first-order valence-corrected chi connectivity index (χ1v) is 9.20. The van der Waals surface area contributed by atoms with Gasteiger partial charge in [-0.15, -0.1) is 0 Å². The number of carboxylic acid groups (broad SMARTS) is 2. The van der Waals surface area contributed by atoms with Crippen molar-refractivity contribution in [2.45, 2.75) is 39.3 Å². The molecular formula is C21H26N2O5. The maximum Gasteiger partial charge on any atom is 0.408 e. The molecule has 0 aliphatic carbocycles. The van der Waals surface area contributed by atoms with Gasteiger partial charge in [0.25, 0.3) is 0 Å². The average molecular weight is 386 g/mol. The van der Waals surface area contributed by atoms with E-state index in [1.807, 2.05) is 50.2 Å². The number of amides is 1. The Hall–Kier alpha value is -3.09. The standard InChI is InChI=1S/C21H26N2O5/c1-15(2)12-19(20(24)25)23(21(26)27)11-9-16-5-7-18(8-6-16)28-14-17-4-3-10-22-13-17/h3-8,10,13,15,19H,9,11-12,14H2,1-2H3,(H,24,25)(H,26,27). The van der Waals surface area contributed by atoms with Crippen molar-refractivity contribution in [1.29, 1.82) is 0 Å². The van der Waals surface area contributed by atoms with Gasteiger partial charge in [0.1, 0.15) is 18.4 Å². The van der Waals surface area contributed by atoms with Gasteiger partial charge in [0.05, 0.1) is 0 Å². The molecule has 0 saturated heterocycles. The number of rotatable bonds is 10. The number of hydrogen-bond donors (Lipinski definition) is 2. The molecule has 150 valence electrons. The van der Waals surface area contributed by atoms with Crippen LogP contribution in [-0.4, -0.2) is 44.7 Å². The molecule has 2 rings (SSSR count). The normalized spacial score (nSPS) is 11.8. The Morgan fingerprint density at radius 1 is 1.11 bits per heavy atom. The summed E-state index contributed by atoms with van der Waals surface area (Å²) in [5.74, 6) is -0.333. The number of hydrogen-bond acceptors (Lipinski definition) is 4. The van der Waals surface area contributed by atoms with Gasteiger partial charge >= 0.3 is 12.1 Å². The maximum atomic E-state index is 11.6. The number of carbonyl (C=O) groups is 2. The van der Waals surface area contributed by atoms with Gasteiger partial charge in [0, 0.05) is 24.5 Å². The Kier molecular flexibility index (Phi) is 7.80. The van der Waals surface area contributed by atoms with E-state index in [9.17, 15) is 19.8 Å². The van der Waals surface area contributed by atoms with E-state index in [0.717, 1.165) is 16.0 Å². The molecule has 0 aliphatic heterocycles. The predicted octanol–water partition coefficient (Wildman–Crippen LogP) is 3.68. The van der Waals surface area contributed by atoms with Crippen LogP contribution >= 0.6 is 0 Å². The number of ether oxygens (including phenoxy) is 1. The topological polar surface area (TPSA) is 100.0 Å². The zero-order valence-electron chi connectivity index (χ0n) is 16.1. The van der Waals surface area contributed by atoms with Crippen LogP contribution in [0.4, 0.5) is 4.79 Å². The van der Waals surface area contributed by atoms with Gasteiger partial charge < -0.3 is 14.9 Å². The second kappa shape index (κ2) is 10.3. The summed E-state index contributed by atoms with van der Waals surface area (Å²) in [7, 11) is 0. The van der Waals surface area contributed by atoms with Crippen molar-refractivity contribution in [2.24, 2.45) is 5.92 Å². The zero-order chi connectivity index (χ0) is 20.5. The van der Waals surface area contributed by atoms with Gasteiger partial charge in [0.2, 0.25) is 0 Å². The fourth-order valence-electron chi connectivity index (χ4n) is 2.84. The minimum Gasteiger partial charge on any atom is -0.489 e. The number of carboxylic acids is 1. The van der Waals surface area contributed by atoms with Crippen molar-refractivity contribution < 1.29 is 24.5 Å². The Morgan fingerprint density at radius 3 is 2.36 bits per heavy atom. The number of aromatic nitrogens is 1. The monoisotopic (exact) mass is 386 g/mol. The smallest absolute Gasteiger partial charge is 0.408 e. The van der Waals surface area contributed by atoms with Crippen LogP contribution in [0.15, 0.2) is 48.8 Å². The van der Waals surface area contributed by atoms with Crippen molar-refractivity contribution in [2.75, 3.05) is 6.54 Å². The van der Waals surface area contributed by atoms with Crippen LogP contribution in [0.2, 0.25) is 0 Å². The molecule has 1 aromatic heterocycles. The molecule has 1 atom stereocenters. The number of nitrogens with zero attached hydrogens (tertiary/aromatic N) is 2. The van der Waals surface area contributed by atoms with Crippen LogP contribution < -0.4 is 4.74 Å². The number of aliphatic carboxylic acids is 1. The zero-order valence-corrected chi connectivity index (χ0v) is 16.1. The quantitative estimate of drug-likeness (QED) is 0.646. The Morgan fingerprint density at radius 2 is 1.82 bits per heavy atom. The lowest BCUT2D eigenvalue weighted by Crippen LogP contribution is -2.46. The predicted molar refractivity (Wildman–Crippen MR) is 104 cm³/mol. The van der Waals surface area contributed by atoms with Crippen LogP contribution in [0.1, 0.15) is 31.4 Å². The molecule has 2 N–H and O–H groups in total. The third kappa shape index (κ3) is 6.57. The van der Waals surface area contributed by atoms with Crippen LogP contribution in [0.5, 0.6) is 5.75 Å². The van der Waals surface area contributed by atoms with Crippen LogP contribution in [0.25, 0.3) is 0 Å². The molecule has 1 unspecified atom stereocenters. The average Bonchev–Trinajstić information content (AvgIpc) is 2.66. The lowest BCUT2D eigenvalue weighted by Gasteiger charge is -2.27. The number of pyridine rings is 1. The van der Waals surface area contributed by atoms with Crippen molar-refractivity contribution >= 4 is 12.1 Å². The first kappa shape index (κ1) is 21.2. The van der Waals surface area contributed by atoms with E-state index >= 15 is 0 Å². The summed E-state index contributed by atoms with van der Waals surface area (Å²) in [6.45, 7) is 4.28. The van der Waals surface area contributed by atoms with Crippen molar-refractivity contribution in [1.82, 2.24) is 9.88 Å². The lowest BCUT2D eigenvalue weighted by molar-refractivity contribution is -0.143. The summed E-state index contributed by atoms with van der Waals surface area (Å²) in [4.78, 5) is 28.1. The molecule has 0 saturated carbocycles. The highest BCUT2D eigenvalue weighted by atomic mass is 16.5. The molecule has 2 aromatic rings. The van der Waals surface area contributed by atoms with E-state index in [1.54, 1.807) is 12.4 Å². The molecule has 1 heterocycles. The summed E-state index contributed by atoms with van der Waals surface area (Å²) >= 11 is 0. The van der Waals surface area contributed by atoms with E-state index in [4.69, 9.17) is 4.74 Å². The van der Waals surface area contributed by atoms with Crippen molar-refractivity contribution in [3.05, 3.63) is 59.9 Å². The molecule has 0 fully saturated rings. The molecule has 1 amide bonds. The second-order valence-corrected chi connectivity index (χ2v) is 7.00. The summed E-state index contributed by atoms with van der Waals surface area (Å²) < 4.78 is 5.70. The number of benzene rings is 1. The van der Waals surface area contributed by atoms with Gasteiger partial charge in [-0.05, 0) is 42.5 Å². The highest BCUT2D eigenvalue weighted by Gasteiger charge is 2.29. The van der Waals surface area contributed by atoms with Gasteiger partial charge in [-0.25, -0.2) is 9.59 Å². The van der Waals surface area contributed by atoms with E-state index in [2.05, 4.69) is 4.98 Å². The summed E-state index contributed by atoms with van der Waals surface area (Å²) in [5, 5.41) is 18.8. The van der Waals surface area contributed by atoms with Crippen LogP contribution in [0, 0.1) is 5.92 Å². The fourth-order valence-corrected chi connectivity index (χ4v) is 2.84. The molecule has 7 nitrogen and oxygen atoms in total. The second-order valence-electron chi connectivity index (χ2n) is 7.00. The van der Waals surface area contributed by atoms with E-state index in [1.165, 1.54) is 0 Å². The minimum absolute atomic E-state index is 0.0826. The Labute approximate surface area is 164 Å². The highest BCUT2D eigenvalue weighted by molar-refractivity contribution is 5.79. The minimum atomic E-state index is -1.22. The van der Waals surface area contributed by atoms with E-state index in [-0.39, 0.29) is 18.9 Å². The summed E-state index contributed by atoms with van der Waals surface area (Å²) in [6.07, 6.45) is 2.93. The van der Waals surface area contributed by atoms with Crippen molar-refractivity contribution in [3.63, 3.8) is 0 Å². The summed E-state index contributed by atoms with van der Waals surface area (Å²) in [6, 6.07) is 10.1. The van der Waals surface area contributed by atoms with Gasteiger partial charge in [0.15, 0.2) is 0 Å². The van der Waals surface area contributed by atoms with E-state index < -0.39 is 18.1 Å². The van der Waals surface area contributed by atoms with Crippen molar-refractivity contribution in [3.8, 4) is 5.75 Å². The molecule has 0 radical (unpaired) electrons. The molecule has 1 aromatic carbocycles. The van der Waals surface area contributed by atoms with Crippen LogP contribution in [0.3, 0.4) is 0 Å². The van der Waals surface area contributed by atoms with E-state index in [0.29, 0.717) is 18.8 Å². The van der Waals surface area contributed by atoms with Crippen LogP contribution in [-0.2, 0) is 17.8 Å².